The number of carbonyl (C=O) groups is 1. The van der Waals surface area contributed by atoms with E-state index in [2.05, 4.69) is 0 Å². The average Bonchev–Trinajstić information content (AvgIpc) is 2.77. The average molecular weight is 276 g/mol. The molecule has 0 radical (unpaired) electrons. The van der Waals surface area contributed by atoms with Crippen LogP contribution in [-0.4, -0.2) is 11.1 Å². The number of benzene rings is 1. The summed E-state index contributed by atoms with van der Waals surface area (Å²) in [7, 11) is 0. The first kappa shape index (κ1) is 13.8. The molecular weight excluding hydrogens is 264 g/mol. The molecule has 0 spiro atoms. The lowest BCUT2D eigenvalue weighted by Gasteiger charge is -2.25. The van der Waals surface area contributed by atoms with E-state index in [-0.39, 0.29) is 18.4 Å². The quantitative estimate of drug-likeness (QED) is 0.835. The molecule has 0 heterocycles. The lowest BCUT2D eigenvalue weighted by atomic mass is 9.78. The number of carboxylic acid groups (broad SMARTS) is 1. The SMILES string of the molecule is O=C(O)C1(c2cc(F)cc(C(F)(F)F)c2)CCCC1. The van der Waals surface area contributed by atoms with Crippen molar-refractivity contribution in [3.63, 3.8) is 0 Å². The third-order valence-corrected chi connectivity index (χ3v) is 3.64. The van der Waals surface area contributed by atoms with Gasteiger partial charge in [0.25, 0.3) is 0 Å². The summed E-state index contributed by atoms with van der Waals surface area (Å²) >= 11 is 0. The Morgan fingerprint density at radius 3 is 2.21 bits per heavy atom. The Morgan fingerprint density at radius 1 is 1.16 bits per heavy atom. The van der Waals surface area contributed by atoms with Crippen molar-refractivity contribution in [2.24, 2.45) is 0 Å². The van der Waals surface area contributed by atoms with Crippen LogP contribution in [0.15, 0.2) is 18.2 Å². The third-order valence-electron chi connectivity index (χ3n) is 3.64. The van der Waals surface area contributed by atoms with Gasteiger partial charge in [0.1, 0.15) is 5.82 Å². The normalized spacial score (nSPS) is 18.5. The fraction of sp³-hybridized carbons (Fsp3) is 0.462. The number of rotatable bonds is 2. The summed E-state index contributed by atoms with van der Waals surface area (Å²) in [6.45, 7) is 0. The molecule has 0 atom stereocenters. The number of halogens is 4. The van der Waals surface area contributed by atoms with Gasteiger partial charge in [-0.2, -0.15) is 13.2 Å². The zero-order chi connectivity index (χ0) is 14.3. The number of aliphatic carboxylic acids is 1. The van der Waals surface area contributed by atoms with Gasteiger partial charge < -0.3 is 5.11 Å². The molecule has 0 amide bonds. The van der Waals surface area contributed by atoms with E-state index in [1.165, 1.54) is 0 Å². The maximum Gasteiger partial charge on any atom is 0.416 e. The van der Waals surface area contributed by atoms with Crippen molar-refractivity contribution in [1.29, 1.82) is 0 Å². The van der Waals surface area contributed by atoms with Gasteiger partial charge in [0.05, 0.1) is 11.0 Å². The molecule has 0 aliphatic heterocycles. The monoisotopic (exact) mass is 276 g/mol. The molecule has 1 aromatic rings. The number of carboxylic acids is 1. The van der Waals surface area contributed by atoms with Crippen LogP contribution in [0.5, 0.6) is 0 Å². The molecule has 0 bridgehead atoms. The Morgan fingerprint density at radius 2 is 1.74 bits per heavy atom. The van der Waals surface area contributed by atoms with Crippen molar-refractivity contribution in [1.82, 2.24) is 0 Å². The largest absolute Gasteiger partial charge is 0.481 e. The molecule has 2 nitrogen and oxygen atoms in total. The van der Waals surface area contributed by atoms with Crippen LogP contribution < -0.4 is 0 Å². The molecule has 1 saturated carbocycles. The number of hydrogen-bond acceptors (Lipinski definition) is 1. The highest BCUT2D eigenvalue weighted by Gasteiger charge is 2.44. The molecular formula is C13H12F4O2. The first-order chi connectivity index (χ1) is 8.75. The first-order valence-corrected chi connectivity index (χ1v) is 5.87. The molecule has 1 fully saturated rings. The van der Waals surface area contributed by atoms with Crippen molar-refractivity contribution < 1.29 is 27.5 Å². The van der Waals surface area contributed by atoms with Crippen molar-refractivity contribution in [2.75, 3.05) is 0 Å². The van der Waals surface area contributed by atoms with E-state index in [0.29, 0.717) is 18.9 Å². The van der Waals surface area contributed by atoms with Gasteiger partial charge in [0.15, 0.2) is 0 Å². The molecule has 0 saturated heterocycles. The number of hydrogen-bond donors (Lipinski definition) is 1. The maximum atomic E-state index is 13.4. The fourth-order valence-corrected chi connectivity index (χ4v) is 2.63. The van der Waals surface area contributed by atoms with Gasteiger partial charge in [0, 0.05) is 0 Å². The zero-order valence-corrected chi connectivity index (χ0v) is 9.93. The van der Waals surface area contributed by atoms with E-state index in [9.17, 15) is 27.5 Å². The second-order valence-corrected chi connectivity index (χ2v) is 4.82. The molecule has 104 valence electrons. The highest BCUT2D eigenvalue weighted by atomic mass is 19.4. The summed E-state index contributed by atoms with van der Waals surface area (Å²) in [6.07, 6.45) is -2.98. The Hall–Kier alpha value is -1.59. The highest BCUT2D eigenvalue weighted by molar-refractivity contribution is 5.81. The fourth-order valence-electron chi connectivity index (χ4n) is 2.63. The van der Waals surface area contributed by atoms with Gasteiger partial charge in [-0.05, 0) is 36.6 Å². The topological polar surface area (TPSA) is 37.3 Å². The second-order valence-electron chi connectivity index (χ2n) is 4.82. The van der Waals surface area contributed by atoms with Gasteiger partial charge in [-0.3, -0.25) is 4.79 Å². The van der Waals surface area contributed by atoms with Crippen LogP contribution in [-0.2, 0) is 16.4 Å². The van der Waals surface area contributed by atoms with Gasteiger partial charge in [-0.15, -0.1) is 0 Å². The van der Waals surface area contributed by atoms with E-state index < -0.39 is 28.9 Å². The molecule has 1 aliphatic carbocycles. The Labute approximate surface area is 107 Å². The minimum Gasteiger partial charge on any atom is -0.481 e. The molecule has 19 heavy (non-hydrogen) atoms. The van der Waals surface area contributed by atoms with E-state index in [4.69, 9.17) is 0 Å². The zero-order valence-electron chi connectivity index (χ0n) is 9.93. The van der Waals surface area contributed by atoms with Crippen LogP contribution in [0.3, 0.4) is 0 Å². The molecule has 1 aromatic carbocycles. The Bertz CT molecular complexity index is 502. The van der Waals surface area contributed by atoms with Crippen LogP contribution in [0.1, 0.15) is 36.8 Å². The second kappa shape index (κ2) is 4.51. The summed E-state index contributed by atoms with van der Waals surface area (Å²) in [5, 5.41) is 9.30. The smallest absolute Gasteiger partial charge is 0.416 e. The summed E-state index contributed by atoms with van der Waals surface area (Å²) in [5.74, 6) is -2.25. The van der Waals surface area contributed by atoms with Gasteiger partial charge in [-0.1, -0.05) is 12.8 Å². The lowest BCUT2D eigenvalue weighted by Crippen LogP contribution is -2.33. The standard InChI is InChI=1S/C13H12F4O2/c14-10-6-8(5-9(7-10)13(15,16)17)12(11(18)19)3-1-2-4-12/h5-7H,1-4H2,(H,18,19). The molecule has 1 N–H and O–H groups in total. The van der Waals surface area contributed by atoms with Crippen LogP contribution in [0.25, 0.3) is 0 Å². The van der Waals surface area contributed by atoms with Crippen LogP contribution >= 0.6 is 0 Å². The molecule has 0 aromatic heterocycles. The minimum atomic E-state index is -4.69. The molecule has 6 heteroatoms. The minimum absolute atomic E-state index is 0.0928. The van der Waals surface area contributed by atoms with Crippen molar-refractivity contribution in [3.05, 3.63) is 35.1 Å². The molecule has 0 unspecified atom stereocenters. The summed E-state index contributed by atoms with van der Waals surface area (Å²) in [4.78, 5) is 11.4. The summed E-state index contributed by atoms with van der Waals surface area (Å²) in [6, 6.07) is 2.03. The van der Waals surface area contributed by atoms with E-state index >= 15 is 0 Å². The van der Waals surface area contributed by atoms with Crippen LogP contribution in [0.4, 0.5) is 17.6 Å². The molecule has 1 aliphatic rings. The van der Waals surface area contributed by atoms with Crippen LogP contribution in [0.2, 0.25) is 0 Å². The van der Waals surface area contributed by atoms with Crippen molar-refractivity contribution >= 4 is 5.97 Å². The highest BCUT2D eigenvalue weighted by Crippen LogP contribution is 2.43. The summed E-state index contributed by atoms with van der Waals surface area (Å²) in [5.41, 5.74) is -2.62. The van der Waals surface area contributed by atoms with Crippen molar-refractivity contribution in [3.8, 4) is 0 Å². The van der Waals surface area contributed by atoms with Gasteiger partial charge in [-0.25, -0.2) is 4.39 Å². The predicted molar refractivity (Wildman–Crippen MR) is 59.2 cm³/mol. The van der Waals surface area contributed by atoms with E-state index in [1.54, 1.807) is 0 Å². The van der Waals surface area contributed by atoms with Crippen LogP contribution in [0, 0.1) is 5.82 Å². The van der Waals surface area contributed by atoms with Gasteiger partial charge >= 0.3 is 12.1 Å². The summed E-state index contributed by atoms with van der Waals surface area (Å²) < 4.78 is 51.3. The number of alkyl halides is 3. The van der Waals surface area contributed by atoms with Crippen molar-refractivity contribution in [2.45, 2.75) is 37.3 Å². The third kappa shape index (κ3) is 2.43. The predicted octanol–water partition coefficient (Wildman–Crippen LogP) is 3.74. The lowest BCUT2D eigenvalue weighted by molar-refractivity contribution is -0.144. The van der Waals surface area contributed by atoms with E-state index in [1.807, 2.05) is 0 Å². The van der Waals surface area contributed by atoms with E-state index in [0.717, 1.165) is 12.1 Å². The first-order valence-electron chi connectivity index (χ1n) is 5.87. The van der Waals surface area contributed by atoms with Gasteiger partial charge in [0.2, 0.25) is 0 Å². The Balaban J connectivity index is 2.55. The Kier molecular flexibility index (Phi) is 3.28. The maximum absolute atomic E-state index is 13.4. The molecule has 2 rings (SSSR count).